The Hall–Kier alpha value is -3.48. The van der Waals surface area contributed by atoms with Crippen LogP contribution in [0.25, 0.3) is 22.0 Å². The lowest BCUT2D eigenvalue weighted by molar-refractivity contribution is -0.180. The summed E-state index contributed by atoms with van der Waals surface area (Å²) in [7, 11) is 2.88. The number of rotatable bonds is 8. The zero-order chi connectivity index (χ0) is 29.5. The molecule has 0 spiro atoms. The highest BCUT2D eigenvalue weighted by molar-refractivity contribution is 6.41. The first-order valence-corrected chi connectivity index (χ1v) is 13.3. The quantitative estimate of drug-likeness (QED) is 0.340. The third-order valence-electron chi connectivity index (χ3n) is 7.09. The van der Waals surface area contributed by atoms with E-state index in [4.69, 9.17) is 42.4 Å². The van der Waals surface area contributed by atoms with Crippen LogP contribution in [0.4, 0.5) is 24.8 Å². The maximum Gasteiger partial charge on any atom is 0.395 e. The van der Waals surface area contributed by atoms with Gasteiger partial charge in [-0.3, -0.25) is 4.79 Å². The van der Waals surface area contributed by atoms with Crippen molar-refractivity contribution in [2.45, 2.75) is 18.3 Å². The number of halogens is 5. The van der Waals surface area contributed by atoms with Gasteiger partial charge in [-0.25, -0.2) is 9.97 Å². The van der Waals surface area contributed by atoms with Crippen molar-refractivity contribution >= 4 is 51.5 Å². The number of nitrogens with zero attached hydrogens (tertiary/aromatic N) is 3. The van der Waals surface area contributed by atoms with Crippen molar-refractivity contribution < 1.29 is 32.2 Å². The van der Waals surface area contributed by atoms with E-state index in [1.165, 1.54) is 26.4 Å². The van der Waals surface area contributed by atoms with E-state index in [9.17, 15) is 18.0 Å². The zero-order valence-electron chi connectivity index (χ0n) is 22.0. The van der Waals surface area contributed by atoms with E-state index in [0.717, 1.165) is 0 Å². The van der Waals surface area contributed by atoms with Crippen LogP contribution in [0.15, 0.2) is 37.1 Å². The van der Waals surface area contributed by atoms with Crippen LogP contribution in [0.1, 0.15) is 0 Å². The Labute approximate surface area is 243 Å². The first kappa shape index (κ1) is 29.0. The van der Waals surface area contributed by atoms with E-state index in [1.54, 1.807) is 23.2 Å². The summed E-state index contributed by atoms with van der Waals surface area (Å²) < 4.78 is 56.4. The number of nitrogens with one attached hydrogen (secondary N) is 2. The number of amides is 1. The van der Waals surface area contributed by atoms with Gasteiger partial charge in [0.25, 0.3) is 0 Å². The normalized spacial score (nSPS) is 19.1. The minimum atomic E-state index is -4.32. The molecule has 0 unspecified atom stereocenters. The van der Waals surface area contributed by atoms with E-state index in [2.05, 4.69) is 22.2 Å². The van der Waals surface area contributed by atoms with Crippen LogP contribution < -0.4 is 25.0 Å². The molecule has 2 aromatic heterocycles. The molecule has 2 N–H and O–H groups in total. The van der Waals surface area contributed by atoms with E-state index in [1.807, 2.05) is 0 Å². The molecule has 2 aliphatic rings. The molecule has 5 rings (SSSR count). The van der Waals surface area contributed by atoms with Crippen molar-refractivity contribution in [2.75, 3.05) is 50.7 Å². The number of anilines is 2. The molecule has 2 fully saturated rings. The summed E-state index contributed by atoms with van der Waals surface area (Å²) in [6.45, 7) is 3.58. The molecular weight excluding hydrogens is 586 g/mol. The molecule has 4 heterocycles. The molecule has 3 aromatic rings. The Morgan fingerprint density at radius 1 is 1.12 bits per heavy atom. The second-order valence-corrected chi connectivity index (χ2v) is 10.4. The van der Waals surface area contributed by atoms with E-state index < -0.39 is 12.1 Å². The Morgan fingerprint density at radius 2 is 1.78 bits per heavy atom. The van der Waals surface area contributed by atoms with E-state index >= 15 is 0 Å². The molecule has 0 bridgehead atoms. The number of carbonyl (C=O) groups excluding carboxylic acids is 1. The molecule has 218 valence electrons. The number of aromatic nitrogens is 2. The van der Waals surface area contributed by atoms with E-state index in [0.29, 0.717) is 58.4 Å². The van der Waals surface area contributed by atoms with Gasteiger partial charge in [0.2, 0.25) is 5.91 Å². The van der Waals surface area contributed by atoms with Crippen LogP contribution in [0.2, 0.25) is 10.0 Å². The van der Waals surface area contributed by atoms with Crippen LogP contribution in [-0.2, 0) is 9.53 Å². The average Bonchev–Trinajstić information content (AvgIpc) is 3.33. The zero-order valence-corrected chi connectivity index (χ0v) is 23.5. The molecule has 0 aliphatic carbocycles. The van der Waals surface area contributed by atoms with Crippen molar-refractivity contribution in [3.05, 3.63) is 47.1 Å². The predicted octanol–water partition coefficient (Wildman–Crippen LogP) is 5.10. The van der Waals surface area contributed by atoms with Gasteiger partial charge >= 0.3 is 6.18 Å². The van der Waals surface area contributed by atoms with Gasteiger partial charge in [0.15, 0.2) is 0 Å². The SMILES string of the molecule is C=CC(=O)N[C@H]1COC[C@H]1Nc1cc2c(N3CC(C(F)(F)F)C3)nc(-c3c(Cl)c(OC)cc(OC)c3Cl)cc2cn1. The smallest absolute Gasteiger partial charge is 0.395 e. The molecule has 0 radical (unpaired) electrons. The fourth-order valence-electron chi connectivity index (χ4n) is 4.82. The highest BCUT2D eigenvalue weighted by Gasteiger charge is 2.48. The number of hydrogen-bond donors (Lipinski definition) is 2. The highest BCUT2D eigenvalue weighted by Crippen LogP contribution is 2.47. The summed E-state index contributed by atoms with van der Waals surface area (Å²) >= 11 is 13.3. The second kappa shape index (κ2) is 11.4. The first-order valence-electron chi connectivity index (χ1n) is 12.5. The van der Waals surface area contributed by atoms with Gasteiger partial charge in [-0.1, -0.05) is 29.8 Å². The van der Waals surface area contributed by atoms with Gasteiger partial charge in [-0.05, 0) is 18.2 Å². The van der Waals surface area contributed by atoms with Crippen LogP contribution in [0, 0.1) is 5.92 Å². The lowest BCUT2D eigenvalue weighted by Gasteiger charge is -2.41. The second-order valence-electron chi connectivity index (χ2n) is 9.66. The van der Waals surface area contributed by atoms with Gasteiger partial charge in [0.05, 0.1) is 61.2 Å². The fourth-order valence-corrected chi connectivity index (χ4v) is 5.51. The summed E-state index contributed by atoms with van der Waals surface area (Å²) in [5.74, 6) is -0.466. The van der Waals surface area contributed by atoms with Crippen molar-refractivity contribution in [1.29, 1.82) is 0 Å². The van der Waals surface area contributed by atoms with Crippen molar-refractivity contribution in [3.8, 4) is 22.8 Å². The third kappa shape index (κ3) is 5.68. The van der Waals surface area contributed by atoms with Crippen molar-refractivity contribution in [1.82, 2.24) is 15.3 Å². The summed E-state index contributed by atoms with van der Waals surface area (Å²) in [6.07, 6.45) is -1.56. The Morgan fingerprint density at radius 3 is 2.39 bits per heavy atom. The number of carbonyl (C=O) groups is 1. The van der Waals surface area contributed by atoms with Crippen LogP contribution in [-0.4, -0.2) is 74.7 Å². The molecule has 2 atom stereocenters. The number of pyridine rings is 2. The molecule has 2 saturated heterocycles. The van der Waals surface area contributed by atoms with Crippen molar-refractivity contribution in [3.63, 3.8) is 0 Å². The highest BCUT2D eigenvalue weighted by atomic mass is 35.5. The molecule has 1 amide bonds. The maximum atomic E-state index is 13.4. The van der Waals surface area contributed by atoms with Gasteiger partial charge in [0.1, 0.15) is 23.1 Å². The summed E-state index contributed by atoms with van der Waals surface area (Å²) in [5, 5.41) is 7.58. The largest absolute Gasteiger partial charge is 0.495 e. The van der Waals surface area contributed by atoms with Gasteiger partial charge in [-0.2, -0.15) is 13.2 Å². The third-order valence-corrected chi connectivity index (χ3v) is 7.85. The predicted molar refractivity (Wildman–Crippen MR) is 150 cm³/mol. The minimum absolute atomic E-state index is 0.174. The number of fused-ring (bicyclic) bond motifs is 1. The van der Waals surface area contributed by atoms with E-state index in [-0.39, 0.29) is 41.1 Å². The molecule has 41 heavy (non-hydrogen) atoms. The van der Waals surface area contributed by atoms with Crippen LogP contribution >= 0.6 is 23.2 Å². The number of alkyl halides is 3. The lowest BCUT2D eigenvalue weighted by atomic mass is 9.98. The Bertz CT molecular complexity index is 1470. The number of ether oxygens (including phenoxy) is 3. The topological polar surface area (TPSA) is 97.8 Å². The minimum Gasteiger partial charge on any atom is -0.495 e. The average molecular weight is 612 g/mol. The van der Waals surface area contributed by atoms with Gasteiger partial charge in [0, 0.05) is 41.7 Å². The van der Waals surface area contributed by atoms with Crippen LogP contribution in [0.3, 0.4) is 0 Å². The first-order chi connectivity index (χ1) is 19.5. The van der Waals surface area contributed by atoms with Gasteiger partial charge in [-0.15, -0.1) is 0 Å². The molecule has 2 aliphatic heterocycles. The lowest BCUT2D eigenvalue weighted by Crippen LogP contribution is -2.53. The molecule has 14 heteroatoms. The Balaban J connectivity index is 1.58. The van der Waals surface area contributed by atoms with Crippen molar-refractivity contribution in [2.24, 2.45) is 5.92 Å². The number of benzene rings is 1. The number of methoxy groups -OCH3 is 2. The molecule has 1 aromatic carbocycles. The summed E-state index contributed by atoms with van der Waals surface area (Å²) in [4.78, 5) is 22.6. The molecule has 9 nitrogen and oxygen atoms in total. The summed E-state index contributed by atoms with van der Waals surface area (Å²) in [6, 6.07) is 4.33. The maximum absolute atomic E-state index is 13.4. The van der Waals surface area contributed by atoms with Gasteiger partial charge < -0.3 is 29.7 Å². The Kier molecular flexibility index (Phi) is 8.09. The molecular formula is C27H26Cl2F3N5O4. The summed E-state index contributed by atoms with van der Waals surface area (Å²) in [5.41, 5.74) is 0.626. The number of hydrogen-bond acceptors (Lipinski definition) is 8. The monoisotopic (exact) mass is 611 g/mol. The standard InChI is InChI=1S/C27H26Cl2F3N5O4/c1-4-22(38)35-18-12-41-11-17(18)34-21-6-15-13(8-33-21)5-16(36-26(15)37-9-14(10-37)27(30,31)32)23-24(28)19(39-2)7-20(40-3)25(23)29/h4-8,14,17-18H,1,9-12H2,2-3H3,(H,33,34)(H,35,38)/t17-,18+/m1/s1. The fraction of sp³-hybridized carbons (Fsp3) is 0.370. The molecule has 0 saturated carbocycles. The van der Waals surface area contributed by atoms with Crippen LogP contribution in [0.5, 0.6) is 11.5 Å².